The summed E-state index contributed by atoms with van der Waals surface area (Å²) in [5, 5.41) is 7.28. The van der Waals surface area contributed by atoms with Crippen molar-refractivity contribution in [1.82, 2.24) is 15.6 Å². The van der Waals surface area contributed by atoms with Crippen molar-refractivity contribution < 1.29 is 4.74 Å². The smallest absolute Gasteiger partial charge is 0.191 e. The maximum atomic E-state index is 5.91. The predicted octanol–water partition coefficient (Wildman–Crippen LogP) is 3.04. The molecule has 0 aliphatic rings. The van der Waals surface area contributed by atoms with E-state index >= 15 is 0 Å². The van der Waals surface area contributed by atoms with E-state index < -0.39 is 0 Å². The van der Waals surface area contributed by atoms with E-state index in [1.165, 1.54) is 0 Å². The Morgan fingerprint density at radius 1 is 1.30 bits per heavy atom. The Bertz CT molecular complexity index is 616. The van der Waals surface area contributed by atoms with Gasteiger partial charge in [0.1, 0.15) is 12.4 Å². The van der Waals surface area contributed by atoms with Crippen LogP contribution in [0, 0.1) is 0 Å². The van der Waals surface area contributed by atoms with Gasteiger partial charge in [-0.05, 0) is 36.8 Å². The third-order valence-electron chi connectivity index (χ3n) is 3.24. The van der Waals surface area contributed by atoms with Crippen LogP contribution >= 0.6 is 11.6 Å². The minimum absolute atomic E-state index is 0.123. The topological polar surface area (TPSA) is 58.5 Å². The van der Waals surface area contributed by atoms with Crippen molar-refractivity contribution in [2.45, 2.75) is 13.0 Å². The SMILES string of the molecule is CN=C(NCCOc1cccnc1)NC(C)c1ccc(Cl)cc1. The highest BCUT2D eigenvalue weighted by Gasteiger charge is 2.07. The summed E-state index contributed by atoms with van der Waals surface area (Å²) in [6.07, 6.45) is 3.41. The van der Waals surface area contributed by atoms with Crippen LogP contribution in [0.2, 0.25) is 5.02 Å². The molecule has 23 heavy (non-hydrogen) atoms. The summed E-state index contributed by atoms with van der Waals surface area (Å²) in [4.78, 5) is 8.22. The molecule has 2 N–H and O–H groups in total. The summed E-state index contributed by atoms with van der Waals surface area (Å²) in [5.74, 6) is 1.48. The molecule has 122 valence electrons. The van der Waals surface area contributed by atoms with Crippen molar-refractivity contribution in [1.29, 1.82) is 0 Å². The largest absolute Gasteiger partial charge is 0.490 e. The van der Waals surface area contributed by atoms with Crippen LogP contribution in [0.25, 0.3) is 0 Å². The second-order valence-corrected chi connectivity index (χ2v) is 5.39. The van der Waals surface area contributed by atoms with Gasteiger partial charge in [0.15, 0.2) is 5.96 Å². The van der Waals surface area contributed by atoms with Gasteiger partial charge in [0.25, 0.3) is 0 Å². The monoisotopic (exact) mass is 332 g/mol. The van der Waals surface area contributed by atoms with Crippen LogP contribution in [0.5, 0.6) is 5.75 Å². The lowest BCUT2D eigenvalue weighted by Crippen LogP contribution is -2.40. The number of nitrogens with one attached hydrogen (secondary N) is 2. The molecular formula is C17H21ClN4O. The molecule has 2 rings (SSSR count). The Morgan fingerprint density at radius 3 is 2.74 bits per heavy atom. The van der Waals surface area contributed by atoms with E-state index in [0.717, 1.165) is 22.3 Å². The molecule has 6 heteroatoms. The molecule has 0 amide bonds. The number of benzene rings is 1. The zero-order chi connectivity index (χ0) is 16.5. The first-order valence-corrected chi connectivity index (χ1v) is 7.82. The molecule has 1 unspecified atom stereocenters. The number of hydrogen-bond acceptors (Lipinski definition) is 3. The zero-order valence-corrected chi connectivity index (χ0v) is 14.0. The lowest BCUT2D eigenvalue weighted by Gasteiger charge is -2.18. The average molecular weight is 333 g/mol. The third-order valence-corrected chi connectivity index (χ3v) is 3.50. The summed E-state index contributed by atoms with van der Waals surface area (Å²) in [7, 11) is 1.74. The highest BCUT2D eigenvalue weighted by Crippen LogP contribution is 2.15. The third kappa shape index (κ3) is 5.79. The van der Waals surface area contributed by atoms with Crippen molar-refractivity contribution in [3.8, 4) is 5.75 Å². The van der Waals surface area contributed by atoms with Crippen LogP contribution in [0.3, 0.4) is 0 Å². The van der Waals surface area contributed by atoms with Crippen LogP contribution in [0.15, 0.2) is 53.8 Å². The fourth-order valence-corrected chi connectivity index (χ4v) is 2.13. The number of halogens is 1. The van der Waals surface area contributed by atoms with Gasteiger partial charge in [-0.1, -0.05) is 23.7 Å². The highest BCUT2D eigenvalue weighted by molar-refractivity contribution is 6.30. The number of pyridine rings is 1. The second kappa shape index (κ2) is 9.00. The molecule has 1 aromatic carbocycles. The standard InChI is InChI=1S/C17H21ClN4O/c1-13(14-5-7-15(18)8-6-14)22-17(19-2)21-10-11-23-16-4-3-9-20-12-16/h3-9,12-13H,10-11H2,1-2H3,(H2,19,21,22). The van der Waals surface area contributed by atoms with Gasteiger partial charge >= 0.3 is 0 Å². The summed E-state index contributed by atoms with van der Waals surface area (Å²) in [5.41, 5.74) is 1.14. The van der Waals surface area contributed by atoms with Crippen LogP contribution in [-0.4, -0.2) is 31.1 Å². The van der Waals surface area contributed by atoms with Gasteiger partial charge in [-0.2, -0.15) is 0 Å². The second-order valence-electron chi connectivity index (χ2n) is 4.95. The Morgan fingerprint density at radius 2 is 2.09 bits per heavy atom. The molecule has 1 atom stereocenters. The quantitative estimate of drug-likeness (QED) is 0.485. The lowest BCUT2D eigenvalue weighted by atomic mass is 10.1. The molecule has 1 aromatic heterocycles. The summed E-state index contributed by atoms with van der Waals surface area (Å²) in [6.45, 7) is 3.24. The van der Waals surface area contributed by atoms with Gasteiger partial charge in [0.2, 0.25) is 0 Å². The molecule has 0 radical (unpaired) electrons. The zero-order valence-electron chi connectivity index (χ0n) is 13.3. The van der Waals surface area contributed by atoms with Crippen LogP contribution < -0.4 is 15.4 Å². The molecule has 5 nitrogen and oxygen atoms in total. The van der Waals surface area contributed by atoms with Gasteiger partial charge < -0.3 is 15.4 Å². The molecule has 0 spiro atoms. The molecule has 2 aromatic rings. The molecule has 0 fully saturated rings. The first kappa shape index (κ1) is 17.1. The number of hydrogen-bond donors (Lipinski definition) is 2. The number of aliphatic imine (C=N–C) groups is 1. The summed E-state index contributed by atoms with van der Waals surface area (Å²) < 4.78 is 5.58. The van der Waals surface area contributed by atoms with E-state index in [9.17, 15) is 0 Å². The predicted molar refractivity (Wildman–Crippen MR) is 94.1 cm³/mol. The molecule has 0 bridgehead atoms. The van der Waals surface area contributed by atoms with E-state index in [1.807, 2.05) is 36.4 Å². The van der Waals surface area contributed by atoms with Gasteiger partial charge in [-0.15, -0.1) is 0 Å². The summed E-state index contributed by atoms with van der Waals surface area (Å²) in [6, 6.07) is 11.6. The van der Waals surface area contributed by atoms with E-state index in [2.05, 4.69) is 27.5 Å². The minimum Gasteiger partial charge on any atom is -0.490 e. The fraction of sp³-hybridized carbons (Fsp3) is 0.294. The first-order chi connectivity index (χ1) is 11.2. The van der Waals surface area contributed by atoms with Gasteiger partial charge in [0, 0.05) is 18.3 Å². The van der Waals surface area contributed by atoms with E-state index in [0.29, 0.717) is 13.2 Å². The van der Waals surface area contributed by atoms with E-state index in [-0.39, 0.29) is 6.04 Å². The van der Waals surface area contributed by atoms with E-state index in [1.54, 1.807) is 19.4 Å². The Hall–Kier alpha value is -2.27. The first-order valence-electron chi connectivity index (χ1n) is 7.44. The minimum atomic E-state index is 0.123. The molecule has 0 aliphatic heterocycles. The normalized spacial score (nSPS) is 12.6. The maximum absolute atomic E-state index is 5.91. The van der Waals surface area contributed by atoms with Gasteiger partial charge in [-0.25, -0.2) is 0 Å². The van der Waals surface area contributed by atoms with Crippen LogP contribution in [0.1, 0.15) is 18.5 Å². The molecule has 0 aliphatic carbocycles. The molecule has 0 saturated carbocycles. The number of ether oxygens (including phenoxy) is 1. The Kier molecular flexibility index (Phi) is 6.69. The van der Waals surface area contributed by atoms with Crippen molar-refractivity contribution in [3.05, 3.63) is 59.4 Å². The van der Waals surface area contributed by atoms with Crippen molar-refractivity contribution >= 4 is 17.6 Å². The molecule has 1 heterocycles. The number of aromatic nitrogens is 1. The molecule has 0 saturated heterocycles. The van der Waals surface area contributed by atoms with Crippen LogP contribution in [0.4, 0.5) is 0 Å². The Balaban J connectivity index is 1.75. The lowest BCUT2D eigenvalue weighted by molar-refractivity contribution is 0.320. The van der Waals surface area contributed by atoms with Gasteiger partial charge in [-0.3, -0.25) is 9.98 Å². The fourth-order valence-electron chi connectivity index (χ4n) is 2.01. The van der Waals surface area contributed by atoms with Crippen molar-refractivity contribution in [2.75, 3.05) is 20.2 Å². The number of guanidine groups is 1. The van der Waals surface area contributed by atoms with Gasteiger partial charge in [0.05, 0.1) is 18.8 Å². The maximum Gasteiger partial charge on any atom is 0.191 e. The average Bonchev–Trinajstić information content (AvgIpc) is 2.59. The Labute approximate surface area is 141 Å². The summed E-state index contributed by atoms with van der Waals surface area (Å²) >= 11 is 5.91. The number of nitrogens with zero attached hydrogens (tertiary/aromatic N) is 2. The number of rotatable bonds is 6. The molecular weight excluding hydrogens is 312 g/mol. The van der Waals surface area contributed by atoms with Crippen molar-refractivity contribution in [3.63, 3.8) is 0 Å². The van der Waals surface area contributed by atoms with Crippen LogP contribution in [-0.2, 0) is 0 Å². The highest BCUT2D eigenvalue weighted by atomic mass is 35.5. The van der Waals surface area contributed by atoms with E-state index in [4.69, 9.17) is 16.3 Å². The van der Waals surface area contributed by atoms with Crippen molar-refractivity contribution in [2.24, 2.45) is 4.99 Å².